The molecule has 0 atom stereocenters. The molecule has 0 amide bonds. The molecule has 0 saturated carbocycles. The molecule has 0 spiro atoms. The van der Waals surface area contributed by atoms with Gasteiger partial charge in [-0.15, -0.1) is 0 Å². The smallest absolute Gasteiger partial charge is 0.159 e. The first kappa shape index (κ1) is 17.3. The highest BCUT2D eigenvalue weighted by molar-refractivity contribution is 6.31. The molecule has 3 aromatic rings. The third-order valence-corrected chi connectivity index (χ3v) is 4.26. The van der Waals surface area contributed by atoms with Gasteiger partial charge in [0.1, 0.15) is 12.0 Å². The van der Waals surface area contributed by atoms with Gasteiger partial charge >= 0.3 is 0 Å². The number of anilines is 5. The summed E-state index contributed by atoms with van der Waals surface area (Å²) in [6.07, 6.45) is 1.45. The lowest BCUT2D eigenvalue weighted by molar-refractivity contribution is 1.17. The van der Waals surface area contributed by atoms with Crippen LogP contribution in [0.25, 0.3) is 0 Å². The first-order valence-corrected chi connectivity index (χ1v) is 8.36. The van der Waals surface area contributed by atoms with Gasteiger partial charge in [-0.25, -0.2) is 9.97 Å². The van der Waals surface area contributed by atoms with Crippen LogP contribution in [0, 0.1) is 13.8 Å². The maximum Gasteiger partial charge on any atom is 0.159 e. The summed E-state index contributed by atoms with van der Waals surface area (Å²) in [5.41, 5.74) is 10.4. The Hall–Kier alpha value is -2.50. The summed E-state index contributed by atoms with van der Waals surface area (Å²) >= 11 is 12.1. The highest BCUT2D eigenvalue weighted by Gasteiger charge is 2.11. The summed E-state index contributed by atoms with van der Waals surface area (Å²) < 4.78 is 0. The number of benzene rings is 2. The zero-order valence-corrected chi connectivity index (χ0v) is 15.3. The Morgan fingerprint density at radius 1 is 0.800 bits per heavy atom. The number of nitrogen functional groups attached to an aromatic ring is 1. The Labute approximate surface area is 156 Å². The number of nitrogens with zero attached hydrogens (tertiary/aromatic N) is 2. The zero-order chi connectivity index (χ0) is 18.0. The van der Waals surface area contributed by atoms with Crippen molar-refractivity contribution in [3.63, 3.8) is 0 Å². The third-order valence-electron chi connectivity index (χ3n) is 3.79. The predicted molar refractivity (Wildman–Crippen MR) is 105 cm³/mol. The first-order valence-electron chi connectivity index (χ1n) is 7.61. The Kier molecular flexibility index (Phi) is 4.97. The fourth-order valence-electron chi connectivity index (χ4n) is 2.31. The minimum absolute atomic E-state index is 0.404. The van der Waals surface area contributed by atoms with Crippen molar-refractivity contribution in [3.05, 3.63) is 63.9 Å². The minimum atomic E-state index is 0.404. The van der Waals surface area contributed by atoms with E-state index in [0.717, 1.165) is 22.5 Å². The van der Waals surface area contributed by atoms with E-state index in [2.05, 4.69) is 20.6 Å². The van der Waals surface area contributed by atoms with E-state index in [1.165, 1.54) is 6.33 Å². The van der Waals surface area contributed by atoms with Gasteiger partial charge in [0.15, 0.2) is 11.6 Å². The van der Waals surface area contributed by atoms with Crippen LogP contribution in [-0.2, 0) is 0 Å². The van der Waals surface area contributed by atoms with Crippen molar-refractivity contribution >= 4 is 51.9 Å². The number of halogens is 2. The summed E-state index contributed by atoms with van der Waals surface area (Å²) in [7, 11) is 0. The van der Waals surface area contributed by atoms with Gasteiger partial charge in [-0.1, -0.05) is 35.3 Å². The summed E-state index contributed by atoms with van der Waals surface area (Å²) in [5.74, 6) is 1.00. The van der Waals surface area contributed by atoms with Crippen molar-refractivity contribution in [2.45, 2.75) is 13.8 Å². The van der Waals surface area contributed by atoms with Crippen molar-refractivity contribution < 1.29 is 0 Å². The van der Waals surface area contributed by atoms with Crippen molar-refractivity contribution in [1.29, 1.82) is 0 Å². The molecule has 3 rings (SSSR count). The van der Waals surface area contributed by atoms with Crippen LogP contribution in [0.2, 0.25) is 10.0 Å². The second kappa shape index (κ2) is 7.17. The fraction of sp³-hybridized carbons (Fsp3) is 0.111. The number of hydrogen-bond donors (Lipinski definition) is 3. The van der Waals surface area contributed by atoms with Gasteiger partial charge in [-0.3, -0.25) is 0 Å². The van der Waals surface area contributed by atoms with Crippen molar-refractivity contribution in [1.82, 2.24) is 9.97 Å². The number of nitrogens with two attached hydrogens (primary N) is 1. The minimum Gasteiger partial charge on any atom is -0.393 e. The molecule has 128 valence electrons. The second-order valence-electron chi connectivity index (χ2n) is 5.65. The normalized spacial score (nSPS) is 10.6. The van der Waals surface area contributed by atoms with Gasteiger partial charge in [0.2, 0.25) is 0 Å². The summed E-state index contributed by atoms with van der Waals surface area (Å²) in [6.45, 7) is 3.95. The molecule has 0 fully saturated rings. The highest BCUT2D eigenvalue weighted by Crippen LogP contribution is 2.31. The highest BCUT2D eigenvalue weighted by atomic mass is 35.5. The van der Waals surface area contributed by atoms with Crippen molar-refractivity contribution in [2.75, 3.05) is 16.4 Å². The molecule has 1 heterocycles. The average Bonchev–Trinajstić information content (AvgIpc) is 2.58. The Morgan fingerprint density at radius 3 is 1.68 bits per heavy atom. The van der Waals surface area contributed by atoms with Crippen molar-refractivity contribution in [3.8, 4) is 0 Å². The number of aromatic nitrogens is 2. The van der Waals surface area contributed by atoms with E-state index in [1.54, 1.807) is 0 Å². The lowest BCUT2D eigenvalue weighted by atomic mass is 10.2. The van der Waals surface area contributed by atoms with Crippen molar-refractivity contribution in [2.24, 2.45) is 0 Å². The predicted octanol–water partition coefficient (Wildman–Crippen LogP) is 5.47. The lowest BCUT2D eigenvalue weighted by Gasteiger charge is -2.15. The standard InChI is InChI=1S/C18H17Cl2N5/c1-10-3-5-12(19)7-14(10)24-17-16(21)18(23-9-22-17)25-15-8-13(20)6-4-11(15)2/h3-9H,21H2,1-2H3,(H2,22,23,24,25). The van der Waals surface area contributed by atoms with E-state index < -0.39 is 0 Å². The largest absolute Gasteiger partial charge is 0.393 e. The number of hydrogen-bond acceptors (Lipinski definition) is 5. The molecule has 0 radical (unpaired) electrons. The number of rotatable bonds is 4. The van der Waals surface area contributed by atoms with Gasteiger partial charge in [-0.05, 0) is 49.2 Å². The summed E-state index contributed by atoms with van der Waals surface area (Å²) in [6, 6.07) is 11.2. The zero-order valence-electron chi connectivity index (χ0n) is 13.8. The van der Waals surface area contributed by atoms with E-state index >= 15 is 0 Å². The molecule has 25 heavy (non-hydrogen) atoms. The first-order chi connectivity index (χ1) is 11.9. The quantitative estimate of drug-likeness (QED) is 0.565. The van der Waals surface area contributed by atoms with Crippen LogP contribution < -0.4 is 16.4 Å². The molecule has 0 unspecified atom stereocenters. The topological polar surface area (TPSA) is 75.9 Å². The average molecular weight is 374 g/mol. The van der Waals surface area contributed by atoms with Gasteiger partial charge in [0.25, 0.3) is 0 Å². The van der Waals surface area contributed by atoms with Gasteiger partial charge in [0.05, 0.1) is 0 Å². The number of nitrogens with one attached hydrogen (secondary N) is 2. The summed E-state index contributed by atoms with van der Waals surface area (Å²) in [5, 5.41) is 7.68. The lowest BCUT2D eigenvalue weighted by Crippen LogP contribution is -2.06. The van der Waals surface area contributed by atoms with Crippen LogP contribution in [0.4, 0.5) is 28.7 Å². The Bertz CT molecular complexity index is 856. The van der Waals surface area contributed by atoms with E-state index in [9.17, 15) is 0 Å². The number of aryl methyl sites for hydroxylation is 2. The maximum atomic E-state index is 6.24. The molecule has 7 heteroatoms. The van der Waals surface area contributed by atoms with Gasteiger partial charge in [0, 0.05) is 21.4 Å². The molecule has 0 aliphatic carbocycles. The van der Waals surface area contributed by atoms with Crippen LogP contribution in [0.3, 0.4) is 0 Å². The van der Waals surface area contributed by atoms with E-state index in [-0.39, 0.29) is 0 Å². The monoisotopic (exact) mass is 373 g/mol. The molecule has 0 aliphatic heterocycles. The molecule has 0 bridgehead atoms. The molecule has 4 N–H and O–H groups in total. The third kappa shape index (κ3) is 3.95. The Morgan fingerprint density at radius 2 is 1.24 bits per heavy atom. The van der Waals surface area contributed by atoms with Crippen LogP contribution >= 0.6 is 23.2 Å². The molecule has 1 aromatic heterocycles. The van der Waals surface area contributed by atoms with Crippen LogP contribution in [0.5, 0.6) is 0 Å². The van der Waals surface area contributed by atoms with Gasteiger partial charge in [-0.2, -0.15) is 0 Å². The molecule has 0 saturated heterocycles. The molecular weight excluding hydrogens is 357 g/mol. The molecule has 5 nitrogen and oxygen atoms in total. The maximum absolute atomic E-state index is 6.24. The van der Waals surface area contributed by atoms with Gasteiger partial charge < -0.3 is 16.4 Å². The summed E-state index contributed by atoms with van der Waals surface area (Å²) in [4.78, 5) is 8.46. The SMILES string of the molecule is Cc1ccc(Cl)cc1Nc1ncnc(Nc2cc(Cl)ccc2C)c1N. The Balaban J connectivity index is 1.92. The van der Waals surface area contributed by atoms with E-state index in [1.807, 2.05) is 50.2 Å². The van der Waals surface area contributed by atoms with Crippen LogP contribution in [0.15, 0.2) is 42.7 Å². The molecule has 0 aliphatic rings. The fourth-order valence-corrected chi connectivity index (χ4v) is 2.65. The van der Waals surface area contributed by atoms with Crippen LogP contribution in [-0.4, -0.2) is 9.97 Å². The van der Waals surface area contributed by atoms with Crippen LogP contribution in [0.1, 0.15) is 11.1 Å². The molecular formula is C18H17Cl2N5. The van der Waals surface area contributed by atoms with E-state index in [4.69, 9.17) is 28.9 Å². The second-order valence-corrected chi connectivity index (χ2v) is 6.53. The van der Waals surface area contributed by atoms with E-state index in [0.29, 0.717) is 27.4 Å². The molecule has 2 aromatic carbocycles.